The Morgan fingerprint density at radius 3 is 2.50 bits per heavy atom. The van der Waals surface area contributed by atoms with Crippen LogP contribution in [0.4, 0.5) is 0 Å². The lowest BCUT2D eigenvalue weighted by Gasteiger charge is -2.04. The van der Waals surface area contributed by atoms with Crippen molar-refractivity contribution in [1.82, 2.24) is 0 Å². The van der Waals surface area contributed by atoms with E-state index >= 15 is 0 Å². The van der Waals surface area contributed by atoms with E-state index in [1.54, 1.807) is 0 Å². The molecule has 0 aromatic carbocycles. The van der Waals surface area contributed by atoms with Crippen molar-refractivity contribution < 1.29 is 14.6 Å². The van der Waals surface area contributed by atoms with Crippen LogP contribution < -0.4 is 0 Å². The molecule has 1 radical (unpaired) electrons. The second kappa shape index (κ2) is 5.23. The van der Waals surface area contributed by atoms with Gasteiger partial charge in [0.15, 0.2) is 0 Å². The van der Waals surface area contributed by atoms with Gasteiger partial charge in [-0.2, -0.15) is 0 Å². The van der Waals surface area contributed by atoms with Crippen LogP contribution in [0.3, 0.4) is 0 Å². The maximum Gasteiger partial charge on any atom is 0.308 e. The van der Waals surface area contributed by atoms with Gasteiger partial charge in [-0.15, -0.1) is 0 Å². The Bertz CT molecular complexity index is 99.0. The number of esters is 1. The van der Waals surface area contributed by atoms with Crippen molar-refractivity contribution in [3.63, 3.8) is 0 Å². The first-order chi connectivity index (χ1) is 4.66. The third-order valence-electron chi connectivity index (χ3n) is 0.884. The molecule has 0 spiro atoms. The molecule has 0 rings (SSSR count). The van der Waals surface area contributed by atoms with Crippen molar-refractivity contribution in [3.05, 3.63) is 0 Å². The molecule has 59 valence electrons. The first kappa shape index (κ1) is 9.43. The van der Waals surface area contributed by atoms with Crippen molar-refractivity contribution in [2.75, 3.05) is 13.2 Å². The highest BCUT2D eigenvalue weighted by Crippen LogP contribution is 1.94. The van der Waals surface area contributed by atoms with Gasteiger partial charge in [-0.05, 0) is 5.92 Å². The average Bonchev–Trinajstić information content (AvgIpc) is 1.85. The number of carbonyl (C=O) groups excluding carboxylic acids is 1. The van der Waals surface area contributed by atoms with Gasteiger partial charge < -0.3 is 4.74 Å². The smallest absolute Gasteiger partial charge is 0.308 e. The van der Waals surface area contributed by atoms with Crippen LogP contribution in [0.2, 0.25) is 0 Å². The topological polar surface area (TPSA) is 46.2 Å². The summed E-state index contributed by atoms with van der Waals surface area (Å²) in [7, 11) is 0. The number of rotatable bonds is 4. The third kappa shape index (κ3) is 5.56. The highest BCUT2D eigenvalue weighted by Gasteiger charge is 2.02. The number of carbonyl (C=O) groups is 1. The van der Waals surface area contributed by atoms with Gasteiger partial charge in [0.1, 0.15) is 0 Å². The molecule has 0 heterocycles. The summed E-state index contributed by atoms with van der Waals surface area (Å²) in [6.07, 6.45) is -0.00722. The van der Waals surface area contributed by atoms with Crippen LogP contribution >= 0.6 is 0 Å². The molecule has 3 nitrogen and oxygen atoms in total. The minimum atomic E-state index is -0.385. The third-order valence-corrected chi connectivity index (χ3v) is 0.884. The van der Waals surface area contributed by atoms with Gasteiger partial charge in [-0.1, -0.05) is 13.8 Å². The largest absolute Gasteiger partial charge is 0.465 e. The SMILES string of the molecule is CC(C)COC(=O)CC[O]. The average molecular weight is 145 g/mol. The molecule has 0 saturated heterocycles. The van der Waals surface area contributed by atoms with Crippen LogP contribution in [-0.4, -0.2) is 19.2 Å². The van der Waals surface area contributed by atoms with Gasteiger partial charge in [0.2, 0.25) is 0 Å². The van der Waals surface area contributed by atoms with E-state index in [1.807, 2.05) is 13.8 Å². The molecule has 0 N–H and O–H groups in total. The zero-order valence-corrected chi connectivity index (χ0v) is 6.42. The van der Waals surface area contributed by atoms with Crippen molar-refractivity contribution >= 4 is 5.97 Å². The van der Waals surface area contributed by atoms with Crippen LogP contribution in [0, 0.1) is 5.92 Å². The lowest BCUT2D eigenvalue weighted by atomic mass is 10.2. The summed E-state index contributed by atoms with van der Waals surface area (Å²) < 4.78 is 4.70. The molecule has 0 fully saturated rings. The molecular weight excluding hydrogens is 132 g/mol. The summed E-state index contributed by atoms with van der Waals surface area (Å²) in [4.78, 5) is 10.5. The molecule has 10 heavy (non-hydrogen) atoms. The zero-order valence-electron chi connectivity index (χ0n) is 6.42. The van der Waals surface area contributed by atoms with E-state index in [4.69, 9.17) is 4.74 Å². The van der Waals surface area contributed by atoms with Gasteiger partial charge in [-0.25, -0.2) is 5.11 Å². The monoisotopic (exact) mass is 145 g/mol. The van der Waals surface area contributed by atoms with Crippen molar-refractivity contribution in [1.29, 1.82) is 0 Å². The second-order valence-corrected chi connectivity index (χ2v) is 2.53. The fourth-order valence-corrected chi connectivity index (χ4v) is 0.415. The fraction of sp³-hybridized carbons (Fsp3) is 0.857. The Labute approximate surface area is 61.0 Å². The highest BCUT2D eigenvalue weighted by molar-refractivity contribution is 5.69. The number of ether oxygens (including phenoxy) is 1. The Balaban J connectivity index is 3.22. The summed E-state index contributed by atoms with van der Waals surface area (Å²) in [5.74, 6) is -0.0423. The minimum Gasteiger partial charge on any atom is -0.465 e. The van der Waals surface area contributed by atoms with Crippen molar-refractivity contribution in [2.24, 2.45) is 5.92 Å². The highest BCUT2D eigenvalue weighted by atomic mass is 16.5. The fourth-order valence-electron chi connectivity index (χ4n) is 0.415. The van der Waals surface area contributed by atoms with Crippen LogP contribution in [-0.2, 0) is 14.6 Å². The predicted molar refractivity (Wildman–Crippen MR) is 36.0 cm³/mol. The van der Waals surface area contributed by atoms with Crippen LogP contribution in [0.25, 0.3) is 0 Å². The molecule has 0 aliphatic heterocycles. The predicted octanol–water partition coefficient (Wildman–Crippen LogP) is 1.01. The molecule has 3 heteroatoms. The molecule has 0 amide bonds. The van der Waals surface area contributed by atoms with E-state index in [2.05, 4.69) is 0 Å². The van der Waals surface area contributed by atoms with E-state index in [0.29, 0.717) is 12.5 Å². The normalized spacial score (nSPS) is 10.0. The van der Waals surface area contributed by atoms with Crippen LogP contribution in [0.5, 0.6) is 0 Å². The van der Waals surface area contributed by atoms with E-state index in [0.717, 1.165) is 0 Å². The first-order valence-electron chi connectivity index (χ1n) is 3.40. The van der Waals surface area contributed by atoms with Gasteiger partial charge in [0.25, 0.3) is 0 Å². The van der Waals surface area contributed by atoms with E-state index in [9.17, 15) is 9.90 Å². The lowest BCUT2D eigenvalue weighted by Crippen LogP contribution is -2.10. The zero-order chi connectivity index (χ0) is 7.98. The Kier molecular flexibility index (Phi) is 4.94. The standard InChI is InChI=1S/C7H13O3/c1-6(2)5-10-7(9)3-4-8/h6H,3-5H2,1-2H3. The van der Waals surface area contributed by atoms with Crippen molar-refractivity contribution in [3.8, 4) is 0 Å². The molecule has 0 unspecified atom stereocenters. The van der Waals surface area contributed by atoms with Gasteiger partial charge in [0, 0.05) is 0 Å². The number of hydrogen-bond acceptors (Lipinski definition) is 2. The van der Waals surface area contributed by atoms with E-state index in [-0.39, 0.29) is 19.0 Å². The number of hydrogen-bond donors (Lipinski definition) is 0. The lowest BCUT2D eigenvalue weighted by molar-refractivity contribution is -0.145. The molecule has 0 bridgehead atoms. The maximum absolute atomic E-state index is 10.5. The van der Waals surface area contributed by atoms with Gasteiger partial charge in [0.05, 0.1) is 19.6 Å². The van der Waals surface area contributed by atoms with Gasteiger partial charge in [-0.3, -0.25) is 4.79 Å². The first-order valence-corrected chi connectivity index (χ1v) is 3.40. The summed E-state index contributed by atoms with van der Waals surface area (Å²) in [5, 5.41) is 9.88. The quantitative estimate of drug-likeness (QED) is 0.554. The Hall–Kier alpha value is -0.570. The van der Waals surface area contributed by atoms with Crippen LogP contribution in [0.15, 0.2) is 0 Å². The molecule has 0 aromatic rings. The molecule has 0 aliphatic rings. The van der Waals surface area contributed by atoms with Crippen molar-refractivity contribution in [2.45, 2.75) is 20.3 Å². The van der Waals surface area contributed by atoms with Gasteiger partial charge >= 0.3 is 5.97 Å². The Morgan fingerprint density at radius 1 is 1.50 bits per heavy atom. The second-order valence-electron chi connectivity index (χ2n) is 2.53. The van der Waals surface area contributed by atoms with E-state index in [1.165, 1.54) is 0 Å². The maximum atomic E-state index is 10.5. The molecule has 0 atom stereocenters. The molecule has 0 aromatic heterocycles. The molecular formula is C7H13O3. The van der Waals surface area contributed by atoms with E-state index < -0.39 is 0 Å². The summed E-state index contributed by atoms with van der Waals surface area (Å²) in [6.45, 7) is 3.94. The molecule has 0 aliphatic carbocycles. The van der Waals surface area contributed by atoms with Crippen LogP contribution in [0.1, 0.15) is 20.3 Å². The Morgan fingerprint density at radius 2 is 2.10 bits per heavy atom. The summed E-state index contributed by atoms with van der Waals surface area (Å²) in [6, 6.07) is 0. The molecule has 0 saturated carbocycles. The minimum absolute atomic E-state index is 0.00722. The summed E-state index contributed by atoms with van der Waals surface area (Å²) >= 11 is 0. The summed E-state index contributed by atoms with van der Waals surface area (Å²) in [5.41, 5.74) is 0.